The molecule has 1 amide bonds. The molecule has 1 N–H and O–H groups in total. The van der Waals surface area contributed by atoms with Crippen molar-refractivity contribution < 1.29 is 9.53 Å². The smallest absolute Gasteiger partial charge is 0.293 e. The maximum atomic E-state index is 13.3. The summed E-state index contributed by atoms with van der Waals surface area (Å²) in [5, 5.41) is 13.1. The van der Waals surface area contributed by atoms with Gasteiger partial charge < -0.3 is 10.1 Å². The van der Waals surface area contributed by atoms with Gasteiger partial charge in [-0.15, -0.1) is 0 Å². The third-order valence-electron chi connectivity index (χ3n) is 5.57. The van der Waals surface area contributed by atoms with E-state index in [0.717, 1.165) is 43.4 Å². The van der Waals surface area contributed by atoms with Crippen LogP contribution in [0.1, 0.15) is 37.3 Å². The highest BCUT2D eigenvalue weighted by atomic mass is 35.5. The van der Waals surface area contributed by atoms with Gasteiger partial charge in [0.25, 0.3) is 5.56 Å². The van der Waals surface area contributed by atoms with Crippen molar-refractivity contribution in [2.75, 3.05) is 13.2 Å². The second kappa shape index (κ2) is 7.85. The van der Waals surface area contributed by atoms with E-state index in [4.69, 9.17) is 16.3 Å². The van der Waals surface area contributed by atoms with Gasteiger partial charge in [-0.1, -0.05) is 17.7 Å². The first-order chi connectivity index (χ1) is 14.6. The molecule has 3 heterocycles. The molecule has 1 atom stereocenters. The van der Waals surface area contributed by atoms with Gasteiger partial charge in [0, 0.05) is 29.5 Å². The van der Waals surface area contributed by atoms with Crippen LogP contribution in [-0.4, -0.2) is 44.7 Å². The Morgan fingerprint density at radius 2 is 2.17 bits per heavy atom. The normalized spacial score (nSPS) is 18.8. The number of hydrogen-bond donors (Lipinski definition) is 1. The predicted molar refractivity (Wildman–Crippen MR) is 112 cm³/mol. The third kappa shape index (κ3) is 3.73. The van der Waals surface area contributed by atoms with E-state index in [-0.39, 0.29) is 24.1 Å². The van der Waals surface area contributed by atoms with Crippen LogP contribution in [0.5, 0.6) is 0 Å². The molecule has 2 fully saturated rings. The quantitative estimate of drug-likeness (QED) is 0.652. The van der Waals surface area contributed by atoms with Crippen LogP contribution >= 0.6 is 11.6 Å². The van der Waals surface area contributed by atoms with Gasteiger partial charge in [0.15, 0.2) is 0 Å². The van der Waals surface area contributed by atoms with Gasteiger partial charge in [-0.05, 0) is 43.9 Å². The summed E-state index contributed by atoms with van der Waals surface area (Å²) in [4.78, 5) is 25.7. The lowest BCUT2D eigenvalue weighted by Gasteiger charge is -2.12. The second-order valence-electron chi connectivity index (χ2n) is 7.86. The maximum Gasteiger partial charge on any atom is 0.293 e. The lowest BCUT2D eigenvalue weighted by molar-refractivity contribution is -0.122. The molecule has 3 aromatic rings. The van der Waals surface area contributed by atoms with E-state index >= 15 is 0 Å². The van der Waals surface area contributed by atoms with E-state index in [1.54, 1.807) is 23.0 Å². The number of nitrogens with one attached hydrogen (secondary N) is 1. The lowest BCUT2D eigenvalue weighted by Crippen LogP contribution is -2.38. The van der Waals surface area contributed by atoms with Crippen molar-refractivity contribution in [3.8, 4) is 5.69 Å². The SMILES string of the molecule is O=C(Cn1nc(C2CC2)c2cnn(-c3cccc(Cl)c3)c2c1=O)NCC1CCCO1. The topological polar surface area (TPSA) is 91.0 Å². The van der Waals surface area contributed by atoms with Gasteiger partial charge in [-0.2, -0.15) is 10.2 Å². The third-order valence-corrected chi connectivity index (χ3v) is 5.81. The van der Waals surface area contributed by atoms with Crippen molar-refractivity contribution in [3.63, 3.8) is 0 Å². The van der Waals surface area contributed by atoms with Gasteiger partial charge in [0.2, 0.25) is 5.91 Å². The molecule has 156 valence electrons. The highest BCUT2D eigenvalue weighted by Crippen LogP contribution is 2.41. The Balaban J connectivity index is 1.50. The summed E-state index contributed by atoms with van der Waals surface area (Å²) in [5.74, 6) is 0.0429. The fourth-order valence-electron chi connectivity index (χ4n) is 3.89. The molecule has 1 saturated carbocycles. The fraction of sp³-hybridized carbons (Fsp3) is 0.429. The van der Waals surface area contributed by atoms with E-state index < -0.39 is 0 Å². The number of amides is 1. The molecule has 30 heavy (non-hydrogen) atoms. The Kier molecular flexibility index (Phi) is 5.04. The van der Waals surface area contributed by atoms with Crippen LogP contribution in [0, 0.1) is 0 Å². The van der Waals surface area contributed by atoms with Crippen molar-refractivity contribution in [1.29, 1.82) is 0 Å². The molecule has 0 bridgehead atoms. The average molecular weight is 428 g/mol. The van der Waals surface area contributed by atoms with Gasteiger partial charge in [-0.3, -0.25) is 9.59 Å². The molecule has 1 aromatic carbocycles. The minimum atomic E-state index is -0.348. The molecule has 0 radical (unpaired) electrons. The van der Waals surface area contributed by atoms with E-state index in [1.807, 2.05) is 12.1 Å². The molecule has 1 aliphatic heterocycles. The lowest BCUT2D eigenvalue weighted by atomic mass is 10.2. The number of rotatable bonds is 6. The van der Waals surface area contributed by atoms with E-state index in [0.29, 0.717) is 28.7 Å². The van der Waals surface area contributed by atoms with Gasteiger partial charge in [0.05, 0.1) is 23.7 Å². The summed E-state index contributed by atoms with van der Waals surface area (Å²) in [6, 6.07) is 7.17. The summed E-state index contributed by atoms with van der Waals surface area (Å²) < 4.78 is 8.37. The second-order valence-corrected chi connectivity index (χ2v) is 8.30. The van der Waals surface area contributed by atoms with Crippen molar-refractivity contribution in [1.82, 2.24) is 24.9 Å². The Morgan fingerprint density at radius 3 is 2.90 bits per heavy atom. The zero-order chi connectivity index (χ0) is 20.7. The number of hydrogen-bond acceptors (Lipinski definition) is 5. The molecule has 9 heteroatoms. The van der Waals surface area contributed by atoms with Crippen molar-refractivity contribution in [2.45, 2.75) is 44.2 Å². The summed E-state index contributed by atoms with van der Waals surface area (Å²) in [6.07, 6.45) is 5.72. The first kappa shape index (κ1) is 19.3. The van der Waals surface area contributed by atoms with Gasteiger partial charge in [-0.25, -0.2) is 9.36 Å². The van der Waals surface area contributed by atoms with Crippen LogP contribution < -0.4 is 10.9 Å². The van der Waals surface area contributed by atoms with Crippen LogP contribution in [0.25, 0.3) is 16.6 Å². The number of carbonyl (C=O) groups is 1. The Labute approximate surface area is 177 Å². The summed E-state index contributed by atoms with van der Waals surface area (Å²) in [5.41, 5.74) is 1.59. The molecule has 5 rings (SSSR count). The standard InChI is InChI=1S/C21H22ClN5O3/c22-14-3-1-4-15(9-14)27-20-17(11-24-27)19(13-6-7-13)25-26(21(20)29)12-18(28)23-10-16-5-2-8-30-16/h1,3-4,9,11,13,16H,2,5-8,10,12H2,(H,23,28). The fourth-order valence-corrected chi connectivity index (χ4v) is 4.07. The highest BCUT2D eigenvalue weighted by Gasteiger charge is 2.30. The number of fused-ring (bicyclic) bond motifs is 1. The van der Waals surface area contributed by atoms with Crippen LogP contribution in [0.15, 0.2) is 35.3 Å². The van der Waals surface area contributed by atoms with E-state index in [1.165, 1.54) is 4.68 Å². The Morgan fingerprint density at radius 1 is 1.30 bits per heavy atom. The number of carbonyl (C=O) groups excluding carboxylic acids is 1. The van der Waals surface area contributed by atoms with Crippen LogP contribution in [0.2, 0.25) is 5.02 Å². The number of nitrogens with zero attached hydrogens (tertiary/aromatic N) is 4. The van der Waals surface area contributed by atoms with Crippen molar-refractivity contribution in [3.05, 3.63) is 51.5 Å². The number of ether oxygens (including phenoxy) is 1. The molecule has 1 unspecified atom stereocenters. The van der Waals surface area contributed by atoms with Crippen LogP contribution in [-0.2, 0) is 16.1 Å². The molecule has 1 aliphatic carbocycles. The summed E-state index contributed by atoms with van der Waals surface area (Å²) >= 11 is 6.13. The van der Waals surface area contributed by atoms with Crippen LogP contribution in [0.3, 0.4) is 0 Å². The molecular weight excluding hydrogens is 406 g/mol. The molecule has 0 spiro atoms. The monoisotopic (exact) mass is 427 g/mol. The first-order valence-electron chi connectivity index (χ1n) is 10.2. The van der Waals surface area contributed by atoms with E-state index in [2.05, 4.69) is 15.5 Å². The van der Waals surface area contributed by atoms with Crippen LogP contribution in [0.4, 0.5) is 0 Å². The molecule has 2 aromatic heterocycles. The number of benzene rings is 1. The zero-order valence-corrected chi connectivity index (χ0v) is 17.1. The first-order valence-corrected chi connectivity index (χ1v) is 10.6. The predicted octanol–water partition coefficient (Wildman–Crippen LogP) is 2.41. The summed E-state index contributed by atoms with van der Waals surface area (Å²) in [6.45, 7) is 1.05. The van der Waals surface area contributed by atoms with Gasteiger partial charge >= 0.3 is 0 Å². The number of halogens is 1. The number of aromatic nitrogens is 4. The Bertz CT molecular complexity index is 1160. The molecule has 8 nitrogen and oxygen atoms in total. The van der Waals surface area contributed by atoms with Gasteiger partial charge in [0.1, 0.15) is 12.1 Å². The molecular formula is C21H22ClN5O3. The molecule has 1 saturated heterocycles. The average Bonchev–Trinajstić information content (AvgIpc) is 3.25. The maximum absolute atomic E-state index is 13.3. The Hall–Kier alpha value is -2.71. The largest absolute Gasteiger partial charge is 0.376 e. The zero-order valence-electron chi connectivity index (χ0n) is 16.4. The highest BCUT2D eigenvalue weighted by molar-refractivity contribution is 6.30. The minimum Gasteiger partial charge on any atom is -0.376 e. The summed E-state index contributed by atoms with van der Waals surface area (Å²) in [7, 11) is 0. The minimum absolute atomic E-state index is 0.0485. The van der Waals surface area contributed by atoms with E-state index in [9.17, 15) is 9.59 Å². The molecule has 2 aliphatic rings. The van der Waals surface area contributed by atoms with Crippen molar-refractivity contribution >= 4 is 28.4 Å². The van der Waals surface area contributed by atoms with Crippen molar-refractivity contribution in [2.24, 2.45) is 0 Å².